The average Bonchev–Trinajstić information content (AvgIpc) is 2.30. The van der Waals surface area contributed by atoms with E-state index in [1.165, 1.54) is 0 Å². The van der Waals surface area contributed by atoms with Gasteiger partial charge in [0, 0.05) is 19.2 Å². The fraction of sp³-hybridized carbons (Fsp3) is 0.462. The number of nitrogens with zero attached hydrogens (tertiary/aromatic N) is 1. The van der Waals surface area contributed by atoms with Crippen LogP contribution in [0.25, 0.3) is 0 Å². The molecule has 0 radical (unpaired) electrons. The summed E-state index contributed by atoms with van der Waals surface area (Å²) >= 11 is 0. The van der Waals surface area contributed by atoms with Gasteiger partial charge in [-0.3, -0.25) is 4.79 Å². The van der Waals surface area contributed by atoms with E-state index in [1.807, 2.05) is 18.2 Å². The topological polar surface area (TPSA) is 49.8 Å². The molecule has 0 aromatic heterocycles. The van der Waals surface area contributed by atoms with Gasteiger partial charge in [0.15, 0.2) is 0 Å². The summed E-state index contributed by atoms with van der Waals surface area (Å²) in [5, 5.41) is 10.2. The van der Waals surface area contributed by atoms with Crippen LogP contribution in [-0.2, 0) is 21.6 Å². The first-order valence-electron chi connectivity index (χ1n) is 5.80. The van der Waals surface area contributed by atoms with E-state index < -0.39 is 5.60 Å². The minimum Gasteiger partial charge on any atom is -0.380 e. The molecule has 4 heteroatoms. The number of ether oxygens (including phenoxy) is 1. The molecule has 0 saturated carbocycles. The van der Waals surface area contributed by atoms with Crippen LogP contribution in [-0.4, -0.2) is 31.3 Å². The summed E-state index contributed by atoms with van der Waals surface area (Å²) in [5.74, 6) is 0.149. The Bertz CT molecular complexity index is 480. The molecule has 1 amide bonds. The molecule has 0 unspecified atom stereocenters. The van der Waals surface area contributed by atoms with E-state index in [9.17, 15) is 9.90 Å². The first kappa shape index (κ1) is 10.7. The van der Waals surface area contributed by atoms with Crippen molar-refractivity contribution < 1.29 is 14.6 Å². The summed E-state index contributed by atoms with van der Waals surface area (Å²) in [6, 6.07) is 5.80. The van der Waals surface area contributed by atoms with Crippen LogP contribution < -0.4 is 4.90 Å². The van der Waals surface area contributed by atoms with Gasteiger partial charge in [-0.1, -0.05) is 12.1 Å². The Hall–Kier alpha value is -1.39. The van der Waals surface area contributed by atoms with Crippen LogP contribution >= 0.6 is 0 Å². The summed E-state index contributed by atoms with van der Waals surface area (Å²) < 4.78 is 5.06. The Morgan fingerprint density at radius 2 is 2.12 bits per heavy atom. The third-order valence-electron chi connectivity index (χ3n) is 3.64. The molecule has 0 atom stereocenters. The fourth-order valence-corrected chi connectivity index (χ4v) is 2.41. The quantitative estimate of drug-likeness (QED) is 0.781. The standard InChI is InChI=1S/C13H15NO3/c1-14-11-4-3-10(13(16)7-17-8-13)6-9(11)2-5-12(14)15/h3-4,6,16H,2,5,7-8H2,1H3. The van der Waals surface area contributed by atoms with Crippen molar-refractivity contribution in [2.75, 3.05) is 25.2 Å². The first-order valence-corrected chi connectivity index (χ1v) is 5.80. The van der Waals surface area contributed by atoms with Gasteiger partial charge in [-0.2, -0.15) is 0 Å². The van der Waals surface area contributed by atoms with Gasteiger partial charge in [0.2, 0.25) is 5.91 Å². The molecule has 1 aromatic rings. The van der Waals surface area contributed by atoms with Crippen LogP contribution in [0.4, 0.5) is 5.69 Å². The Morgan fingerprint density at radius 3 is 2.76 bits per heavy atom. The largest absolute Gasteiger partial charge is 0.380 e. The number of aliphatic hydroxyl groups is 1. The number of aryl methyl sites for hydroxylation is 1. The highest BCUT2D eigenvalue weighted by Gasteiger charge is 2.38. The van der Waals surface area contributed by atoms with Gasteiger partial charge in [0.1, 0.15) is 5.60 Å². The lowest BCUT2D eigenvalue weighted by Gasteiger charge is -2.37. The van der Waals surface area contributed by atoms with Crippen molar-refractivity contribution in [3.05, 3.63) is 29.3 Å². The van der Waals surface area contributed by atoms with Gasteiger partial charge in [-0.05, 0) is 23.6 Å². The smallest absolute Gasteiger partial charge is 0.227 e. The lowest BCUT2D eigenvalue weighted by atomic mass is 9.88. The maximum atomic E-state index is 11.6. The summed E-state index contributed by atoms with van der Waals surface area (Å²) in [4.78, 5) is 13.2. The number of benzene rings is 1. The molecule has 2 heterocycles. The Labute approximate surface area is 99.8 Å². The van der Waals surface area contributed by atoms with Gasteiger partial charge in [0.05, 0.1) is 13.2 Å². The van der Waals surface area contributed by atoms with Crippen LogP contribution in [0.15, 0.2) is 18.2 Å². The summed E-state index contributed by atoms with van der Waals surface area (Å²) in [6.07, 6.45) is 1.30. The number of hydrogen-bond acceptors (Lipinski definition) is 3. The lowest BCUT2D eigenvalue weighted by molar-refractivity contribution is -0.184. The van der Waals surface area contributed by atoms with Gasteiger partial charge in [-0.25, -0.2) is 0 Å². The fourth-order valence-electron chi connectivity index (χ4n) is 2.41. The van der Waals surface area contributed by atoms with Crippen LogP contribution in [0.2, 0.25) is 0 Å². The van der Waals surface area contributed by atoms with Crippen molar-refractivity contribution in [1.82, 2.24) is 0 Å². The van der Waals surface area contributed by atoms with Crippen molar-refractivity contribution in [1.29, 1.82) is 0 Å². The normalized spacial score (nSPS) is 22.0. The molecule has 1 saturated heterocycles. The molecular weight excluding hydrogens is 218 g/mol. The number of carbonyl (C=O) groups excluding carboxylic acids is 1. The highest BCUT2D eigenvalue weighted by atomic mass is 16.5. The van der Waals surface area contributed by atoms with E-state index in [4.69, 9.17) is 4.74 Å². The van der Waals surface area contributed by atoms with E-state index in [2.05, 4.69) is 0 Å². The number of anilines is 1. The molecule has 4 nitrogen and oxygen atoms in total. The Morgan fingerprint density at radius 1 is 1.35 bits per heavy atom. The van der Waals surface area contributed by atoms with Crippen LogP contribution in [0.5, 0.6) is 0 Å². The zero-order chi connectivity index (χ0) is 12.0. The van der Waals surface area contributed by atoms with Crippen molar-refractivity contribution >= 4 is 11.6 Å². The number of hydrogen-bond donors (Lipinski definition) is 1. The van der Waals surface area contributed by atoms with E-state index in [0.29, 0.717) is 19.6 Å². The number of amides is 1. The number of carbonyl (C=O) groups is 1. The monoisotopic (exact) mass is 233 g/mol. The van der Waals surface area contributed by atoms with Gasteiger partial charge >= 0.3 is 0 Å². The van der Waals surface area contributed by atoms with Crippen molar-refractivity contribution in [2.24, 2.45) is 0 Å². The second kappa shape index (κ2) is 3.55. The molecule has 17 heavy (non-hydrogen) atoms. The molecule has 0 bridgehead atoms. The molecule has 3 rings (SSSR count). The van der Waals surface area contributed by atoms with Gasteiger partial charge in [0.25, 0.3) is 0 Å². The molecule has 1 aromatic carbocycles. The molecule has 0 aliphatic carbocycles. The molecular formula is C13H15NO3. The van der Waals surface area contributed by atoms with Crippen molar-refractivity contribution in [3.8, 4) is 0 Å². The molecule has 2 aliphatic rings. The van der Waals surface area contributed by atoms with E-state index in [-0.39, 0.29) is 5.91 Å². The molecule has 90 valence electrons. The second-order valence-corrected chi connectivity index (χ2v) is 4.82. The Balaban J connectivity index is 2.00. The van der Waals surface area contributed by atoms with Crippen LogP contribution in [0, 0.1) is 0 Å². The van der Waals surface area contributed by atoms with E-state index in [0.717, 1.165) is 23.2 Å². The van der Waals surface area contributed by atoms with Crippen molar-refractivity contribution in [3.63, 3.8) is 0 Å². The number of fused-ring (bicyclic) bond motifs is 1. The van der Waals surface area contributed by atoms with Gasteiger partial charge < -0.3 is 14.7 Å². The van der Waals surface area contributed by atoms with Gasteiger partial charge in [-0.15, -0.1) is 0 Å². The molecule has 0 spiro atoms. The third kappa shape index (κ3) is 1.56. The van der Waals surface area contributed by atoms with Crippen LogP contribution in [0.1, 0.15) is 17.5 Å². The maximum Gasteiger partial charge on any atom is 0.227 e. The first-order chi connectivity index (χ1) is 8.10. The SMILES string of the molecule is CN1C(=O)CCc2cc(C3(O)COC3)ccc21. The average molecular weight is 233 g/mol. The summed E-state index contributed by atoms with van der Waals surface area (Å²) in [7, 11) is 1.79. The second-order valence-electron chi connectivity index (χ2n) is 4.82. The predicted octanol–water partition coefficient (Wildman–Crippen LogP) is 0.813. The zero-order valence-corrected chi connectivity index (χ0v) is 9.77. The molecule has 2 aliphatic heterocycles. The molecule has 1 fully saturated rings. The summed E-state index contributed by atoms with van der Waals surface area (Å²) in [5.41, 5.74) is 2.15. The highest BCUT2D eigenvalue weighted by molar-refractivity contribution is 5.95. The van der Waals surface area contributed by atoms with Crippen molar-refractivity contribution in [2.45, 2.75) is 18.4 Å². The van der Waals surface area contributed by atoms with E-state index in [1.54, 1.807) is 11.9 Å². The molecule has 1 N–H and O–H groups in total. The minimum absolute atomic E-state index is 0.149. The minimum atomic E-state index is -0.824. The lowest BCUT2D eigenvalue weighted by Crippen LogP contribution is -2.46. The summed E-state index contributed by atoms with van der Waals surface area (Å²) in [6.45, 7) is 0.723. The predicted molar refractivity (Wildman–Crippen MR) is 62.9 cm³/mol. The highest BCUT2D eigenvalue weighted by Crippen LogP contribution is 2.34. The van der Waals surface area contributed by atoms with Crippen LogP contribution in [0.3, 0.4) is 0 Å². The Kier molecular flexibility index (Phi) is 2.24. The zero-order valence-electron chi connectivity index (χ0n) is 9.77. The number of rotatable bonds is 1. The van der Waals surface area contributed by atoms with E-state index >= 15 is 0 Å². The third-order valence-corrected chi connectivity index (χ3v) is 3.64. The maximum absolute atomic E-state index is 11.6.